The van der Waals surface area contributed by atoms with Crippen LogP contribution in [0.15, 0.2) is 28.8 Å². The normalized spacial score (nSPS) is 12.3. The van der Waals surface area contributed by atoms with Crippen LogP contribution < -0.4 is 5.73 Å². The number of aromatic nitrogens is 2. The molecule has 0 fully saturated rings. The summed E-state index contributed by atoms with van der Waals surface area (Å²) in [6.07, 6.45) is -1.13. The average molecular weight is 236 g/mol. The monoisotopic (exact) mass is 236 g/mol. The number of nitro benzene ring substituents is 1. The Bertz CT molecular complexity index is 536. The minimum atomic E-state index is -1.13. The Morgan fingerprint density at radius 1 is 1.41 bits per heavy atom. The van der Waals surface area contributed by atoms with E-state index in [1.807, 2.05) is 0 Å². The van der Waals surface area contributed by atoms with Gasteiger partial charge in [-0.1, -0.05) is 5.16 Å². The number of hydrogen-bond donors (Lipinski definition) is 2. The summed E-state index contributed by atoms with van der Waals surface area (Å²) in [7, 11) is 0. The Kier molecular flexibility index (Phi) is 2.71. The molecule has 88 valence electrons. The molecule has 8 heteroatoms. The SMILES string of the molecule is Nc1nc(C(O)c2ccc([N+](=O)[O-])cc2)no1. The first-order valence-corrected chi connectivity index (χ1v) is 4.59. The summed E-state index contributed by atoms with van der Waals surface area (Å²) in [5.41, 5.74) is 5.57. The predicted molar refractivity (Wildman–Crippen MR) is 55.9 cm³/mol. The van der Waals surface area contributed by atoms with Crippen molar-refractivity contribution in [3.8, 4) is 0 Å². The maximum absolute atomic E-state index is 10.4. The van der Waals surface area contributed by atoms with E-state index in [-0.39, 0.29) is 17.5 Å². The van der Waals surface area contributed by atoms with Crippen molar-refractivity contribution in [1.82, 2.24) is 10.1 Å². The van der Waals surface area contributed by atoms with E-state index in [0.29, 0.717) is 5.56 Å². The van der Waals surface area contributed by atoms with Gasteiger partial charge in [0.15, 0.2) is 0 Å². The number of aliphatic hydroxyl groups is 1. The van der Waals surface area contributed by atoms with E-state index in [1.54, 1.807) is 0 Å². The van der Waals surface area contributed by atoms with Gasteiger partial charge in [0.2, 0.25) is 5.82 Å². The largest absolute Gasteiger partial charge is 0.380 e. The lowest BCUT2D eigenvalue weighted by molar-refractivity contribution is -0.384. The average Bonchev–Trinajstić information content (AvgIpc) is 2.75. The molecule has 0 saturated carbocycles. The molecule has 8 nitrogen and oxygen atoms in total. The number of rotatable bonds is 3. The molecule has 17 heavy (non-hydrogen) atoms. The predicted octanol–water partition coefficient (Wildman–Crippen LogP) is 0.642. The van der Waals surface area contributed by atoms with E-state index >= 15 is 0 Å². The second-order valence-electron chi connectivity index (χ2n) is 3.24. The summed E-state index contributed by atoms with van der Waals surface area (Å²) in [6.45, 7) is 0. The fraction of sp³-hybridized carbons (Fsp3) is 0.111. The van der Waals surface area contributed by atoms with Crippen molar-refractivity contribution in [2.45, 2.75) is 6.10 Å². The van der Waals surface area contributed by atoms with Gasteiger partial charge in [-0.15, -0.1) is 0 Å². The smallest absolute Gasteiger partial charge is 0.318 e. The highest BCUT2D eigenvalue weighted by Gasteiger charge is 2.17. The van der Waals surface area contributed by atoms with Crippen LogP contribution in [0.5, 0.6) is 0 Å². The van der Waals surface area contributed by atoms with Crippen LogP contribution in [0, 0.1) is 10.1 Å². The Hall–Kier alpha value is -2.48. The van der Waals surface area contributed by atoms with Crippen LogP contribution in [0.2, 0.25) is 0 Å². The Balaban J connectivity index is 2.25. The van der Waals surface area contributed by atoms with Crippen molar-refractivity contribution in [2.75, 3.05) is 5.73 Å². The molecule has 3 N–H and O–H groups in total. The molecule has 1 unspecified atom stereocenters. The summed E-state index contributed by atoms with van der Waals surface area (Å²) in [6, 6.07) is 5.23. The van der Waals surface area contributed by atoms with Crippen LogP contribution >= 0.6 is 0 Å². The lowest BCUT2D eigenvalue weighted by atomic mass is 10.1. The van der Waals surface area contributed by atoms with Crippen LogP contribution in [-0.2, 0) is 0 Å². The Labute approximate surface area is 94.8 Å². The molecular formula is C9H8N4O4. The minimum Gasteiger partial charge on any atom is -0.380 e. The molecule has 0 aliphatic carbocycles. The third-order valence-corrected chi connectivity index (χ3v) is 2.12. The van der Waals surface area contributed by atoms with E-state index in [9.17, 15) is 15.2 Å². The van der Waals surface area contributed by atoms with Crippen molar-refractivity contribution < 1.29 is 14.6 Å². The number of benzene rings is 1. The number of non-ortho nitro benzene ring substituents is 1. The zero-order chi connectivity index (χ0) is 12.4. The molecule has 0 bridgehead atoms. The first-order chi connectivity index (χ1) is 8.08. The molecule has 1 aromatic carbocycles. The van der Waals surface area contributed by atoms with Crippen LogP contribution in [-0.4, -0.2) is 20.2 Å². The van der Waals surface area contributed by atoms with Crippen LogP contribution in [0.25, 0.3) is 0 Å². The van der Waals surface area contributed by atoms with E-state index in [0.717, 1.165) is 0 Å². The number of anilines is 1. The van der Waals surface area contributed by atoms with Crippen molar-refractivity contribution in [2.24, 2.45) is 0 Å². The topological polar surface area (TPSA) is 128 Å². The van der Waals surface area contributed by atoms with Gasteiger partial charge < -0.3 is 15.4 Å². The fourth-order valence-electron chi connectivity index (χ4n) is 1.29. The minimum absolute atomic E-state index is 0.0105. The van der Waals surface area contributed by atoms with E-state index < -0.39 is 11.0 Å². The Morgan fingerprint density at radius 3 is 2.53 bits per heavy atom. The number of nitrogens with zero attached hydrogens (tertiary/aromatic N) is 3. The van der Waals surface area contributed by atoms with Gasteiger partial charge in [-0.25, -0.2) is 0 Å². The van der Waals surface area contributed by atoms with Gasteiger partial charge in [0.05, 0.1) is 4.92 Å². The van der Waals surface area contributed by atoms with Gasteiger partial charge in [0, 0.05) is 12.1 Å². The maximum atomic E-state index is 10.4. The molecule has 1 atom stereocenters. The van der Waals surface area contributed by atoms with Crippen molar-refractivity contribution in [3.05, 3.63) is 45.8 Å². The van der Waals surface area contributed by atoms with Crippen molar-refractivity contribution in [3.63, 3.8) is 0 Å². The van der Waals surface area contributed by atoms with Gasteiger partial charge in [0.25, 0.3) is 5.69 Å². The second-order valence-corrected chi connectivity index (χ2v) is 3.24. The molecule has 0 amide bonds. The van der Waals surface area contributed by atoms with Crippen LogP contribution in [0.4, 0.5) is 11.7 Å². The van der Waals surface area contributed by atoms with Crippen molar-refractivity contribution in [1.29, 1.82) is 0 Å². The molecule has 1 aromatic heterocycles. The van der Waals surface area contributed by atoms with Crippen molar-refractivity contribution >= 4 is 11.7 Å². The zero-order valence-corrected chi connectivity index (χ0v) is 8.48. The molecule has 2 rings (SSSR count). The molecule has 0 aliphatic heterocycles. The lowest BCUT2D eigenvalue weighted by Crippen LogP contribution is -2.02. The van der Waals surface area contributed by atoms with Gasteiger partial charge in [-0.2, -0.15) is 4.98 Å². The summed E-state index contributed by atoms with van der Waals surface area (Å²) in [4.78, 5) is 13.6. The highest BCUT2D eigenvalue weighted by Crippen LogP contribution is 2.22. The number of nitrogen functional groups attached to an aromatic ring is 1. The molecule has 0 saturated heterocycles. The van der Waals surface area contributed by atoms with E-state index in [1.165, 1.54) is 24.3 Å². The standard InChI is InChI=1S/C9H8N4O4/c10-9-11-8(12-17-9)7(14)5-1-3-6(4-2-5)13(15)16/h1-4,7,14H,(H2,10,11,12). The molecule has 0 aliphatic rings. The molecular weight excluding hydrogens is 228 g/mol. The molecule has 0 spiro atoms. The second kappa shape index (κ2) is 4.18. The van der Waals surface area contributed by atoms with Gasteiger partial charge in [-0.3, -0.25) is 10.1 Å². The highest BCUT2D eigenvalue weighted by atomic mass is 16.6. The van der Waals surface area contributed by atoms with Crippen LogP contribution in [0.1, 0.15) is 17.5 Å². The van der Waals surface area contributed by atoms with E-state index in [2.05, 4.69) is 14.7 Å². The quantitative estimate of drug-likeness (QED) is 0.590. The summed E-state index contributed by atoms with van der Waals surface area (Å²) in [5.74, 6) is 0.0105. The molecule has 2 aromatic rings. The van der Waals surface area contributed by atoms with Gasteiger partial charge in [0.1, 0.15) is 6.10 Å². The molecule has 1 heterocycles. The zero-order valence-electron chi connectivity index (χ0n) is 8.48. The van der Waals surface area contributed by atoms with E-state index in [4.69, 9.17) is 5.73 Å². The Morgan fingerprint density at radius 2 is 2.06 bits per heavy atom. The number of hydrogen-bond acceptors (Lipinski definition) is 7. The molecule has 0 radical (unpaired) electrons. The van der Waals surface area contributed by atoms with Crippen LogP contribution in [0.3, 0.4) is 0 Å². The van der Waals surface area contributed by atoms with Gasteiger partial charge in [-0.05, 0) is 17.7 Å². The third kappa shape index (κ3) is 2.21. The first kappa shape index (κ1) is 11.0. The third-order valence-electron chi connectivity index (χ3n) is 2.12. The number of nitro groups is 1. The first-order valence-electron chi connectivity index (χ1n) is 4.59. The lowest BCUT2D eigenvalue weighted by Gasteiger charge is -2.05. The number of nitrogens with two attached hydrogens (primary N) is 1. The summed E-state index contributed by atoms with van der Waals surface area (Å²) < 4.78 is 4.52. The number of aliphatic hydroxyl groups excluding tert-OH is 1. The maximum Gasteiger partial charge on any atom is 0.318 e. The summed E-state index contributed by atoms with van der Waals surface area (Å²) >= 11 is 0. The highest BCUT2D eigenvalue weighted by molar-refractivity contribution is 5.35. The van der Waals surface area contributed by atoms with Gasteiger partial charge >= 0.3 is 6.01 Å². The fourth-order valence-corrected chi connectivity index (χ4v) is 1.29. The summed E-state index contributed by atoms with van der Waals surface area (Å²) in [5, 5.41) is 23.7.